The average Bonchev–Trinajstić information content (AvgIpc) is 3.09. The smallest absolute Gasteiger partial charge is 0.0375 e. The molecule has 2 aliphatic rings. The molecule has 0 bridgehead atoms. The Bertz CT molecular complexity index is 375. The summed E-state index contributed by atoms with van der Waals surface area (Å²) >= 11 is 0. The van der Waals surface area contributed by atoms with Gasteiger partial charge in [-0.25, -0.2) is 0 Å². The SMILES string of the molecule is CC.CC.Cc1cc(CC2CCC3CNCC32)ccn1. The molecule has 2 nitrogen and oxygen atoms in total. The monoisotopic (exact) mass is 276 g/mol. The van der Waals surface area contributed by atoms with E-state index in [9.17, 15) is 0 Å². The van der Waals surface area contributed by atoms with Gasteiger partial charge in [-0.2, -0.15) is 0 Å². The van der Waals surface area contributed by atoms with Crippen LogP contribution in [-0.4, -0.2) is 18.1 Å². The van der Waals surface area contributed by atoms with E-state index in [2.05, 4.69) is 29.4 Å². The maximum atomic E-state index is 4.27. The lowest BCUT2D eigenvalue weighted by atomic mass is 9.88. The zero-order valence-corrected chi connectivity index (χ0v) is 13.9. The molecule has 114 valence electrons. The molecule has 2 fully saturated rings. The van der Waals surface area contributed by atoms with E-state index < -0.39 is 0 Å². The first-order valence-corrected chi connectivity index (χ1v) is 8.45. The van der Waals surface area contributed by atoms with Crippen molar-refractivity contribution < 1.29 is 0 Å². The Morgan fingerprint density at radius 2 is 1.90 bits per heavy atom. The number of fused-ring (bicyclic) bond motifs is 1. The number of pyridine rings is 1. The topological polar surface area (TPSA) is 24.9 Å². The molecule has 1 aliphatic heterocycles. The highest BCUT2D eigenvalue weighted by Gasteiger charge is 2.38. The summed E-state index contributed by atoms with van der Waals surface area (Å²) in [5.41, 5.74) is 2.63. The van der Waals surface area contributed by atoms with E-state index in [-0.39, 0.29) is 0 Å². The number of aromatic nitrogens is 1. The molecule has 1 saturated heterocycles. The fraction of sp³-hybridized carbons (Fsp3) is 0.722. The summed E-state index contributed by atoms with van der Waals surface area (Å²) in [7, 11) is 0. The highest BCUT2D eigenvalue weighted by molar-refractivity contribution is 5.16. The van der Waals surface area contributed by atoms with Crippen LogP contribution >= 0.6 is 0 Å². The molecule has 0 radical (unpaired) electrons. The second-order valence-electron chi connectivity index (χ2n) is 5.43. The molecule has 3 unspecified atom stereocenters. The number of hydrogen-bond donors (Lipinski definition) is 1. The lowest BCUT2D eigenvalue weighted by molar-refractivity contribution is 0.374. The lowest BCUT2D eigenvalue weighted by Gasteiger charge is -2.17. The number of nitrogens with one attached hydrogen (secondary N) is 1. The number of hydrogen-bond acceptors (Lipinski definition) is 2. The normalized spacial score (nSPS) is 26.9. The third-order valence-electron chi connectivity index (χ3n) is 4.36. The molecule has 1 aliphatic carbocycles. The molecule has 2 heteroatoms. The van der Waals surface area contributed by atoms with Crippen LogP contribution in [0.5, 0.6) is 0 Å². The van der Waals surface area contributed by atoms with Gasteiger partial charge in [0.15, 0.2) is 0 Å². The van der Waals surface area contributed by atoms with E-state index in [0.717, 1.165) is 23.4 Å². The van der Waals surface area contributed by atoms with Gasteiger partial charge in [-0.05, 0) is 74.7 Å². The maximum absolute atomic E-state index is 4.27. The van der Waals surface area contributed by atoms with Crippen LogP contribution in [0, 0.1) is 24.7 Å². The molecule has 0 aromatic carbocycles. The molecule has 1 aromatic heterocycles. The molecule has 0 spiro atoms. The van der Waals surface area contributed by atoms with Gasteiger partial charge in [0, 0.05) is 11.9 Å². The highest BCUT2D eigenvalue weighted by atomic mass is 14.9. The van der Waals surface area contributed by atoms with Crippen LogP contribution in [0.25, 0.3) is 0 Å². The van der Waals surface area contributed by atoms with Crippen molar-refractivity contribution >= 4 is 0 Å². The van der Waals surface area contributed by atoms with Gasteiger partial charge in [-0.15, -0.1) is 0 Å². The molecular formula is C18H32N2. The van der Waals surface area contributed by atoms with Crippen molar-refractivity contribution in [3.63, 3.8) is 0 Å². The Morgan fingerprint density at radius 3 is 2.60 bits per heavy atom. The van der Waals surface area contributed by atoms with Gasteiger partial charge in [0.05, 0.1) is 0 Å². The Morgan fingerprint density at radius 1 is 1.15 bits per heavy atom. The zero-order chi connectivity index (χ0) is 15.0. The first kappa shape index (κ1) is 17.2. The van der Waals surface area contributed by atoms with Crippen LogP contribution in [0.2, 0.25) is 0 Å². The Labute approximate surface area is 125 Å². The summed E-state index contributed by atoms with van der Waals surface area (Å²) in [6.45, 7) is 12.6. The molecule has 1 saturated carbocycles. The van der Waals surface area contributed by atoms with E-state index in [1.165, 1.54) is 37.9 Å². The number of nitrogens with zero attached hydrogens (tertiary/aromatic N) is 1. The third kappa shape index (κ3) is 4.31. The van der Waals surface area contributed by atoms with Crippen molar-refractivity contribution in [2.75, 3.05) is 13.1 Å². The number of rotatable bonds is 2. The molecule has 2 heterocycles. The van der Waals surface area contributed by atoms with Crippen LogP contribution in [0.4, 0.5) is 0 Å². The standard InChI is InChI=1S/C14H20N2.2C2H6/c1-10-6-11(4-5-16-10)7-12-2-3-13-8-15-9-14(12)13;2*1-2/h4-6,12-15H,2-3,7-9H2,1H3;2*1-2H3. The van der Waals surface area contributed by atoms with E-state index >= 15 is 0 Å². The zero-order valence-electron chi connectivity index (χ0n) is 13.9. The van der Waals surface area contributed by atoms with Crippen LogP contribution in [0.1, 0.15) is 51.8 Å². The van der Waals surface area contributed by atoms with Crippen molar-refractivity contribution in [3.05, 3.63) is 29.6 Å². The van der Waals surface area contributed by atoms with Crippen LogP contribution in [0.3, 0.4) is 0 Å². The van der Waals surface area contributed by atoms with Gasteiger partial charge in [-0.3, -0.25) is 4.98 Å². The summed E-state index contributed by atoms with van der Waals surface area (Å²) in [6.07, 6.45) is 6.07. The summed E-state index contributed by atoms with van der Waals surface area (Å²) < 4.78 is 0. The first-order valence-electron chi connectivity index (χ1n) is 8.45. The van der Waals surface area contributed by atoms with Crippen molar-refractivity contribution in [1.82, 2.24) is 10.3 Å². The molecule has 3 rings (SSSR count). The van der Waals surface area contributed by atoms with E-state index in [0.29, 0.717) is 0 Å². The van der Waals surface area contributed by atoms with Gasteiger partial charge in [0.2, 0.25) is 0 Å². The summed E-state index contributed by atoms with van der Waals surface area (Å²) in [5.74, 6) is 2.81. The summed E-state index contributed by atoms with van der Waals surface area (Å²) in [6, 6.07) is 4.43. The largest absolute Gasteiger partial charge is 0.316 e. The number of aryl methyl sites for hydroxylation is 1. The fourth-order valence-electron chi connectivity index (χ4n) is 3.55. The lowest BCUT2D eigenvalue weighted by Crippen LogP contribution is -2.17. The van der Waals surface area contributed by atoms with Gasteiger partial charge >= 0.3 is 0 Å². The van der Waals surface area contributed by atoms with Crippen LogP contribution in [-0.2, 0) is 6.42 Å². The Balaban J connectivity index is 0.000000461. The van der Waals surface area contributed by atoms with E-state index in [4.69, 9.17) is 0 Å². The molecule has 0 amide bonds. The quantitative estimate of drug-likeness (QED) is 0.874. The van der Waals surface area contributed by atoms with Gasteiger partial charge < -0.3 is 5.32 Å². The van der Waals surface area contributed by atoms with Gasteiger partial charge in [0.1, 0.15) is 0 Å². The maximum Gasteiger partial charge on any atom is 0.0375 e. The Kier molecular flexibility index (Phi) is 7.83. The minimum Gasteiger partial charge on any atom is -0.316 e. The highest BCUT2D eigenvalue weighted by Crippen LogP contribution is 2.40. The Hall–Kier alpha value is -0.890. The van der Waals surface area contributed by atoms with Crippen LogP contribution in [0.15, 0.2) is 18.3 Å². The minimum atomic E-state index is 0.904. The van der Waals surface area contributed by atoms with Crippen LogP contribution < -0.4 is 5.32 Å². The van der Waals surface area contributed by atoms with E-state index in [1.807, 2.05) is 33.9 Å². The van der Waals surface area contributed by atoms with Crippen molar-refractivity contribution in [2.45, 2.75) is 53.9 Å². The molecule has 1 N–H and O–H groups in total. The molecule has 1 aromatic rings. The van der Waals surface area contributed by atoms with E-state index in [1.54, 1.807) is 0 Å². The van der Waals surface area contributed by atoms with Gasteiger partial charge in [-0.1, -0.05) is 27.7 Å². The van der Waals surface area contributed by atoms with Crippen molar-refractivity contribution in [2.24, 2.45) is 17.8 Å². The second kappa shape index (κ2) is 9.12. The fourth-order valence-corrected chi connectivity index (χ4v) is 3.55. The molecular weight excluding hydrogens is 244 g/mol. The van der Waals surface area contributed by atoms with Crippen molar-refractivity contribution in [3.8, 4) is 0 Å². The average molecular weight is 276 g/mol. The minimum absolute atomic E-state index is 0.904. The first-order chi connectivity index (χ1) is 9.83. The third-order valence-corrected chi connectivity index (χ3v) is 4.36. The second-order valence-corrected chi connectivity index (χ2v) is 5.43. The molecule has 20 heavy (non-hydrogen) atoms. The van der Waals surface area contributed by atoms with Gasteiger partial charge in [0.25, 0.3) is 0 Å². The molecule has 3 atom stereocenters. The van der Waals surface area contributed by atoms with Crippen molar-refractivity contribution in [1.29, 1.82) is 0 Å². The summed E-state index contributed by atoms with van der Waals surface area (Å²) in [5, 5.41) is 3.54. The predicted molar refractivity (Wildman–Crippen MR) is 87.9 cm³/mol. The predicted octanol–water partition coefficient (Wildman–Crippen LogP) is 4.23. The summed E-state index contributed by atoms with van der Waals surface area (Å²) in [4.78, 5) is 4.27.